The third-order valence-corrected chi connectivity index (χ3v) is 5.97. The standard InChI is InChI=1S/C23H19ClN6O5S/c1-4-6-13-36(32,33)29-20-19(24)26-21-23(27-20)30(18-15(31)10-8-11-16(18)34-3)22(28-21)14-9-7-12-17(25-14)35-5-2/h8,10-12,31H,5,13H2,1-3H3,(H,27,29). The largest absolute Gasteiger partial charge is 0.506 e. The normalized spacial score (nSPS) is 12.6. The molecule has 11 nitrogen and oxygen atoms in total. The zero-order chi connectivity index (χ0) is 25.9. The predicted octanol–water partition coefficient (Wildman–Crippen LogP) is 3.05. The van der Waals surface area contributed by atoms with Gasteiger partial charge in [0.05, 0.1) is 19.8 Å². The Hall–Kier alpha value is -4.26. The second-order valence-electron chi connectivity index (χ2n) is 7.04. The highest BCUT2D eigenvalue weighted by molar-refractivity contribution is 7.92. The first-order chi connectivity index (χ1) is 17.3. The fourth-order valence-corrected chi connectivity index (χ4v) is 4.29. The van der Waals surface area contributed by atoms with Gasteiger partial charge < -0.3 is 14.6 Å². The molecule has 0 aliphatic carbocycles. The van der Waals surface area contributed by atoms with Gasteiger partial charge in [0.25, 0.3) is 0 Å². The molecule has 0 radical (unpaired) electrons. The molecule has 0 atom stereocenters. The highest BCUT2D eigenvalue weighted by Gasteiger charge is 2.26. The molecule has 0 unspecified atom stereocenters. The van der Waals surface area contributed by atoms with Crippen LogP contribution in [0.5, 0.6) is 11.5 Å². The maximum absolute atomic E-state index is 12.4. The van der Waals surface area contributed by atoms with Gasteiger partial charge in [-0.25, -0.2) is 28.4 Å². The monoisotopic (exact) mass is 526 g/mol. The van der Waals surface area contributed by atoms with Crippen LogP contribution in [0.1, 0.15) is 19.7 Å². The Bertz CT molecular complexity index is 1670. The summed E-state index contributed by atoms with van der Waals surface area (Å²) >= 11 is 6.24. The summed E-state index contributed by atoms with van der Waals surface area (Å²) in [5.41, 5.74) is 6.16. The molecular formula is C23H19ClN6O5S. The highest BCUT2D eigenvalue weighted by atomic mass is 35.5. The van der Waals surface area contributed by atoms with E-state index in [0.29, 0.717) is 6.61 Å². The molecule has 0 saturated carbocycles. The number of rotatable bonds is 7. The number of ether oxygens (including phenoxy) is 2. The Labute approximate surface area is 211 Å². The lowest BCUT2D eigenvalue weighted by Gasteiger charge is -2.15. The van der Waals surface area contributed by atoms with Crippen molar-refractivity contribution < 1.29 is 23.0 Å². The number of para-hydroxylation sites is 1. The Kier molecular flexibility index (Phi) is 7.01. The SMILES string of the molecule is CC#CCS(=O)(=O)Nc1nc2c(nc1Cl)nc(C1=C=C=CC(OCC)=N1)n2-c1c(O)cccc1OC. The summed E-state index contributed by atoms with van der Waals surface area (Å²) in [4.78, 5) is 17.5. The molecule has 3 heterocycles. The lowest BCUT2D eigenvalue weighted by molar-refractivity contribution is 0.330. The van der Waals surface area contributed by atoms with E-state index in [-0.39, 0.29) is 56.9 Å². The van der Waals surface area contributed by atoms with E-state index in [1.54, 1.807) is 12.1 Å². The quantitative estimate of drug-likeness (QED) is 0.353. The summed E-state index contributed by atoms with van der Waals surface area (Å²) in [5.74, 6) is 4.83. The number of fused-ring (bicyclic) bond motifs is 1. The molecule has 0 bridgehead atoms. The van der Waals surface area contributed by atoms with Crippen LogP contribution in [-0.2, 0) is 14.8 Å². The maximum atomic E-state index is 12.4. The van der Waals surface area contributed by atoms with Crippen molar-refractivity contribution in [2.24, 2.45) is 4.99 Å². The van der Waals surface area contributed by atoms with E-state index in [1.807, 2.05) is 6.92 Å². The van der Waals surface area contributed by atoms with Crippen molar-refractivity contribution in [1.29, 1.82) is 0 Å². The molecular weight excluding hydrogens is 508 g/mol. The fraction of sp³-hybridized carbons (Fsp3) is 0.217. The van der Waals surface area contributed by atoms with Gasteiger partial charge in [0.1, 0.15) is 22.9 Å². The number of phenolic OH excluding ortho intramolecular Hbond substituents is 1. The number of halogens is 1. The molecule has 1 aromatic carbocycles. The zero-order valence-corrected chi connectivity index (χ0v) is 20.9. The lowest BCUT2D eigenvalue weighted by atomic mass is 10.2. The molecule has 0 spiro atoms. The molecule has 1 aliphatic rings. The lowest BCUT2D eigenvalue weighted by Crippen LogP contribution is -2.17. The van der Waals surface area contributed by atoms with E-state index < -0.39 is 15.8 Å². The number of nitrogens with one attached hydrogen (secondary N) is 1. The van der Waals surface area contributed by atoms with Crippen molar-refractivity contribution in [3.63, 3.8) is 0 Å². The second-order valence-corrected chi connectivity index (χ2v) is 9.12. The van der Waals surface area contributed by atoms with E-state index in [9.17, 15) is 13.5 Å². The summed E-state index contributed by atoms with van der Waals surface area (Å²) in [6.07, 6.45) is 1.51. The number of imidazole rings is 1. The van der Waals surface area contributed by atoms with Crippen LogP contribution in [0, 0.1) is 11.8 Å². The summed E-state index contributed by atoms with van der Waals surface area (Å²) in [5, 5.41) is 10.5. The van der Waals surface area contributed by atoms with Crippen molar-refractivity contribution in [3.8, 4) is 29.0 Å². The Morgan fingerprint density at radius 3 is 2.81 bits per heavy atom. The number of benzene rings is 1. The van der Waals surface area contributed by atoms with Crippen LogP contribution in [-0.4, -0.2) is 58.4 Å². The van der Waals surface area contributed by atoms with Gasteiger partial charge in [-0.05, 0) is 31.7 Å². The second kappa shape index (κ2) is 10.2. The summed E-state index contributed by atoms with van der Waals surface area (Å²) in [7, 11) is -2.47. The van der Waals surface area contributed by atoms with Crippen molar-refractivity contribution in [3.05, 3.63) is 46.7 Å². The first-order valence-electron chi connectivity index (χ1n) is 10.4. The molecule has 0 fully saturated rings. The van der Waals surface area contributed by atoms with Crippen LogP contribution in [0.15, 0.2) is 40.7 Å². The predicted molar refractivity (Wildman–Crippen MR) is 135 cm³/mol. The molecule has 2 aromatic heterocycles. The number of aliphatic imine (C=N–C) groups is 1. The number of aromatic nitrogens is 4. The van der Waals surface area contributed by atoms with Gasteiger partial charge in [-0.2, -0.15) is 0 Å². The number of anilines is 1. The number of nitrogens with zero attached hydrogens (tertiary/aromatic N) is 5. The van der Waals surface area contributed by atoms with Crippen LogP contribution in [0.4, 0.5) is 5.82 Å². The van der Waals surface area contributed by atoms with Gasteiger partial charge in [-0.1, -0.05) is 29.3 Å². The Balaban J connectivity index is 2.02. The van der Waals surface area contributed by atoms with Crippen LogP contribution in [0.3, 0.4) is 0 Å². The molecule has 36 heavy (non-hydrogen) atoms. The Morgan fingerprint density at radius 1 is 1.28 bits per heavy atom. The van der Waals surface area contributed by atoms with Gasteiger partial charge in [-0.3, -0.25) is 9.29 Å². The number of methoxy groups -OCH3 is 1. The van der Waals surface area contributed by atoms with Gasteiger partial charge >= 0.3 is 0 Å². The average Bonchev–Trinajstić information content (AvgIpc) is 3.20. The average molecular weight is 527 g/mol. The highest BCUT2D eigenvalue weighted by Crippen LogP contribution is 2.37. The van der Waals surface area contributed by atoms with E-state index in [1.165, 1.54) is 30.7 Å². The van der Waals surface area contributed by atoms with E-state index in [4.69, 9.17) is 21.1 Å². The molecule has 13 heteroatoms. The van der Waals surface area contributed by atoms with Crippen LogP contribution in [0.25, 0.3) is 22.7 Å². The fourth-order valence-electron chi connectivity index (χ4n) is 3.22. The number of sulfonamides is 1. The number of phenols is 1. The number of hydrogen-bond acceptors (Lipinski definition) is 9. The van der Waals surface area contributed by atoms with E-state index in [0.717, 1.165) is 0 Å². The smallest absolute Gasteiger partial charge is 0.245 e. The summed E-state index contributed by atoms with van der Waals surface area (Å²) < 4.78 is 39.5. The van der Waals surface area contributed by atoms with Gasteiger partial charge in [0, 0.05) is 0 Å². The molecule has 2 N–H and O–H groups in total. The number of aromatic hydroxyl groups is 1. The number of hydrogen-bond donors (Lipinski definition) is 2. The van der Waals surface area contributed by atoms with Gasteiger partial charge in [-0.15, -0.1) is 5.92 Å². The van der Waals surface area contributed by atoms with Crippen molar-refractivity contribution in [2.75, 3.05) is 24.2 Å². The molecule has 184 valence electrons. The maximum Gasteiger partial charge on any atom is 0.245 e. The van der Waals surface area contributed by atoms with E-state index >= 15 is 0 Å². The topological polar surface area (TPSA) is 141 Å². The van der Waals surface area contributed by atoms with Crippen LogP contribution in [0.2, 0.25) is 5.15 Å². The summed E-state index contributed by atoms with van der Waals surface area (Å²) in [6, 6.07) is 4.67. The molecule has 3 aromatic rings. The minimum atomic E-state index is -3.90. The Morgan fingerprint density at radius 2 is 2.08 bits per heavy atom. The zero-order valence-electron chi connectivity index (χ0n) is 19.3. The van der Waals surface area contributed by atoms with Crippen molar-refractivity contribution in [2.45, 2.75) is 13.8 Å². The third kappa shape index (κ3) is 4.91. The first kappa shape index (κ1) is 24.9. The molecule has 0 amide bonds. The first-order valence-corrected chi connectivity index (χ1v) is 12.5. The molecule has 4 rings (SSSR count). The van der Waals surface area contributed by atoms with Crippen molar-refractivity contribution >= 4 is 50.3 Å². The van der Waals surface area contributed by atoms with Crippen LogP contribution >= 0.6 is 11.6 Å². The summed E-state index contributed by atoms with van der Waals surface area (Å²) in [6.45, 7) is 3.71. The van der Waals surface area contributed by atoms with Crippen molar-refractivity contribution in [1.82, 2.24) is 19.5 Å². The van der Waals surface area contributed by atoms with Gasteiger partial charge in [0.2, 0.25) is 15.9 Å². The molecule has 1 aliphatic heterocycles. The third-order valence-electron chi connectivity index (χ3n) is 4.68. The van der Waals surface area contributed by atoms with Gasteiger partial charge in [0.15, 0.2) is 33.8 Å². The molecule has 0 saturated heterocycles. The van der Waals surface area contributed by atoms with Crippen LogP contribution < -0.4 is 9.46 Å². The minimum Gasteiger partial charge on any atom is -0.506 e. The minimum absolute atomic E-state index is 0.0496. The van der Waals surface area contributed by atoms with E-state index in [2.05, 4.69) is 48.0 Å².